The van der Waals surface area contributed by atoms with Crippen molar-refractivity contribution >= 4 is 38.6 Å². The number of amides is 1. The van der Waals surface area contributed by atoms with E-state index in [1.807, 2.05) is 0 Å². The minimum absolute atomic E-state index is 0.00123. The van der Waals surface area contributed by atoms with Crippen LogP contribution >= 0.6 is 11.3 Å². The van der Waals surface area contributed by atoms with Gasteiger partial charge in [0.25, 0.3) is 10.0 Å². The number of rotatable bonds is 7. The van der Waals surface area contributed by atoms with E-state index in [1.54, 1.807) is 23.6 Å². The van der Waals surface area contributed by atoms with Crippen molar-refractivity contribution in [1.82, 2.24) is 0 Å². The average Bonchev–Trinajstić information content (AvgIpc) is 3.19. The van der Waals surface area contributed by atoms with Gasteiger partial charge in [0.2, 0.25) is 5.91 Å². The second-order valence-electron chi connectivity index (χ2n) is 6.03. The first kappa shape index (κ1) is 21.7. The maximum atomic E-state index is 12.2. The second kappa shape index (κ2) is 8.76. The number of alkyl halides is 3. The van der Waals surface area contributed by atoms with Gasteiger partial charge in [-0.15, -0.1) is 24.5 Å². The van der Waals surface area contributed by atoms with E-state index in [0.29, 0.717) is 16.9 Å². The lowest BCUT2D eigenvalue weighted by molar-refractivity contribution is -0.274. The summed E-state index contributed by atoms with van der Waals surface area (Å²) in [7, 11) is -3.65. The lowest BCUT2D eigenvalue weighted by Crippen LogP contribution is -2.17. The van der Waals surface area contributed by atoms with E-state index in [9.17, 15) is 26.4 Å². The molecule has 0 aliphatic carbocycles. The number of benzene rings is 2. The first-order valence-electron chi connectivity index (χ1n) is 8.42. The van der Waals surface area contributed by atoms with Crippen molar-refractivity contribution in [3.8, 4) is 5.75 Å². The lowest BCUT2D eigenvalue weighted by Gasteiger charge is -2.10. The number of sulfonamides is 1. The van der Waals surface area contributed by atoms with Crippen LogP contribution in [0.25, 0.3) is 0 Å². The van der Waals surface area contributed by atoms with E-state index in [2.05, 4.69) is 14.8 Å². The number of hydrogen-bond donors (Lipinski definition) is 2. The van der Waals surface area contributed by atoms with Crippen LogP contribution in [0.1, 0.15) is 5.56 Å². The number of thiophene rings is 1. The first-order valence-corrected chi connectivity index (χ1v) is 10.8. The molecule has 6 nitrogen and oxygen atoms in total. The summed E-state index contributed by atoms with van der Waals surface area (Å²) in [5.41, 5.74) is 1.30. The van der Waals surface area contributed by atoms with E-state index in [4.69, 9.17) is 0 Å². The van der Waals surface area contributed by atoms with Gasteiger partial charge in [-0.2, -0.15) is 0 Å². The smallest absolute Gasteiger partial charge is 0.406 e. The van der Waals surface area contributed by atoms with Crippen LogP contribution in [0, 0.1) is 0 Å². The minimum atomic E-state index is -4.78. The average molecular weight is 456 g/mol. The van der Waals surface area contributed by atoms with Gasteiger partial charge in [-0.05, 0) is 53.4 Å². The zero-order valence-electron chi connectivity index (χ0n) is 15.1. The van der Waals surface area contributed by atoms with Gasteiger partial charge >= 0.3 is 6.36 Å². The van der Waals surface area contributed by atoms with Gasteiger partial charge in [0.15, 0.2) is 0 Å². The van der Waals surface area contributed by atoms with Crippen LogP contribution in [0.5, 0.6) is 5.75 Å². The van der Waals surface area contributed by atoms with Gasteiger partial charge in [0.1, 0.15) is 9.96 Å². The number of carbonyl (C=O) groups excluding carboxylic acids is 1. The highest BCUT2D eigenvalue weighted by molar-refractivity contribution is 7.94. The van der Waals surface area contributed by atoms with Gasteiger partial charge < -0.3 is 10.1 Å². The SMILES string of the molecule is O=C(Cc1ccc(NS(=O)(=O)c2cccs2)cc1)Nc1ccc(OC(F)(F)F)cc1. The van der Waals surface area contributed by atoms with Crippen LogP contribution in [-0.2, 0) is 21.2 Å². The van der Waals surface area contributed by atoms with Gasteiger partial charge in [0.05, 0.1) is 6.42 Å². The molecule has 0 bridgehead atoms. The molecule has 0 radical (unpaired) electrons. The molecule has 1 heterocycles. The summed E-state index contributed by atoms with van der Waals surface area (Å²) in [6, 6.07) is 14.2. The van der Waals surface area contributed by atoms with Crippen LogP contribution in [0.3, 0.4) is 0 Å². The van der Waals surface area contributed by atoms with E-state index in [0.717, 1.165) is 23.5 Å². The third-order valence-electron chi connectivity index (χ3n) is 3.70. The summed E-state index contributed by atoms with van der Waals surface area (Å²) in [5.74, 6) is -0.771. The molecule has 3 rings (SSSR count). The fraction of sp³-hybridized carbons (Fsp3) is 0.105. The standard InChI is InChI=1S/C19H15F3N2O4S2/c20-19(21,22)28-16-9-7-14(8-10-16)23-17(25)12-13-3-5-15(6-4-13)24-30(26,27)18-2-1-11-29-18/h1-11,24H,12H2,(H,23,25). The zero-order chi connectivity index (χ0) is 21.8. The molecule has 0 aliphatic rings. The Morgan fingerprint density at radius 3 is 2.17 bits per heavy atom. The Morgan fingerprint density at radius 2 is 1.60 bits per heavy atom. The first-order chi connectivity index (χ1) is 14.1. The van der Waals surface area contributed by atoms with E-state index in [1.165, 1.54) is 30.3 Å². The molecule has 30 heavy (non-hydrogen) atoms. The molecule has 2 N–H and O–H groups in total. The number of nitrogens with one attached hydrogen (secondary N) is 2. The normalized spacial score (nSPS) is 11.7. The molecule has 0 atom stereocenters. The lowest BCUT2D eigenvalue weighted by atomic mass is 10.1. The summed E-state index contributed by atoms with van der Waals surface area (Å²) in [5, 5.41) is 4.23. The van der Waals surface area contributed by atoms with Crippen LogP contribution < -0.4 is 14.8 Å². The maximum Gasteiger partial charge on any atom is 0.573 e. The molecule has 1 aromatic heterocycles. The van der Waals surface area contributed by atoms with Crippen molar-refractivity contribution in [3.05, 3.63) is 71.6 Å². The molecular weight excluding hydrogens is 441 g/mol. The van der Waals surface area contributed by atoms with Gasteiger partial charge in [-0.3, -0.25) is 9.52 Å². The molecule has 1 amide bonds. The molecule has 0 saturated carbocycles. The van der Waals surface area contributed by atoms with Crippen LogP contribution in [0.2, 0.25) is 0 Å². The fourth-order valence-electron chi connectivity index (χ4n) is 2.44. The Hall–Kier alpha value is -3.05. The van der Waals surface area contributed by atoms with Gasteiger partial charge in [-0.25, -0.2) is 8.42 Å². The number of anilines is 2. The molecule has 158 valence electrons. The highest BCUT2D eigenvalue weighted by Gasteiger charge is 2.30. The van der Waals surface area contributed by atoms with E-state index in [-0.39, 0.29) is 22.3 Å². The summed E-state index contributed by atoms with van der Waals surface area (Å²) >= 11 is 1.10. The maximum absolute atomic E-state index is 12.2. The number of hydrogen-bond acceptors (Lipinski definition) is 5. The Kier molecular flexibility index (Phi) is 6.32. The van der Waals surface area contributed by atoms with Crippen molar-refractivity contribution in [3.63, 3.8) is 0 Å². The summed E-state index contributed by atoms with van der Waals surface area (Å²) in [6.07, 6.45) is -4.78. The molecule has 0 fully saturated rings. The molecule has 0 aliphatic heterocycles. The largest absolute Gasteiger partial charge is 0.573 e. The van der Waals surface area contributed by atoms with E-state index < -0.39 is 16.4 Å². The van der Waals surface area contributed by atoms with E-state index >= 15 is 0 Å². The van der Waals surface area contributed by atoms with Crippen molar-refractivity contribution in [2.75, 3.05) is 10.0 Å². The van der Waals surface area contributed by atoms with Crippen molar-refractivity contribution in [1.29, 1.82) is 0 Å². The second-order valence-corrected chi connectivity index (χ2v) is 8.89. The molecule has 0 saturated heterocycles. The summed E-state index contributed by atoms with van der Waals surface area (Å²) in [6.45, 7) is 0. The van der Waals surface area contributed by atoms with Crippen LogP contribution in [0.4, 0.5) is 24.5 Å². The predicted molar refractivity (Wildman–Crippen MR) is 107 cm³/mol. The molecule has 0 unspecified atom stereocenters. The van der Waals surface area contributed by atoms with Crippen LogP contribution in [0.15, 0.2) is 70.3 Å². The van der Waals surface area contributed by atoms with Crippen molar-refractivity contribution < 1.29 is 31.1 Å². The number of carbonyl (C=O) groups is 1. The third-order valence-corrected chi connectivity index (χ3v) is 6.48. The molecular formula is C19H15F3N2O4S2. The Morgan fingerprint density at radius 1 is 0.967 bits per heavy atom. The minimum Gasteiger partial charge on any atom is -0.406 e. The Bertz CT molecular complexity index is 1100. The molecule has 11 heteroatoms. The summed E-state index contributed by atoms with van der Waals surface area (Å²) < 4.78 is 67.3. The zero-order valence-corrected chi connectivity index (χ0v) is 16.8. The molecule has 0 spiro atoms. The monoisotopic (exact) mass is 456 g/mol. The number of halogens is 3. The Labute approximate surface area is 174 Å². The quantitative estimate of drug-likeness (QED) is 0.543. The van der Waals surface area contributed by atoms with Gasteiger partial charge in [-0.1, -0.05) is 18.2 Å². The van der Waals surface area contributed by atoms with Gasteiger partial charge in [0, 0.05) is 11.4 Å². The van der Waals surface area contributed by atoms with Crippen molar-refractivity contribution in [2.45, 2.75) is 17.0 Å². The third kappa shape index (κ3) is 6.22. The van der Waals surface area contributed by atoms with Crippen LogP contribution in [-0.4, -0.2) is 20.7 Å². The Balaban J connectivity index is 1.56. The molecule has 2 aromatic carbocycles. The summed E-state index contributed by atoms with van der Waals surface area (Å²) in [4.78, 5) is 12.1. The fourth-order valence-corrected chi connectivity index (χ4v) is 4.49. The molecule has 3 aromatic rings. The van der Waals surface area contributed by atoms with Crippen molar-refractivity contribution in [2.24, 2.45) is 0 Å². The number of ether oxygens (including phenoxy) is 1. The highest BCUT2D eigenvalue weighted by Crippen LogP contribution is 2.24. The topological polar surface area (TPSA) is 84.5 Å². The predicted octanol–water partition coefficient (Wildman–Crippen LogP) is 4.63. The highest BCUT2D eigenvalue weighted by atomic mass is 32.2.